The molecule has 0 bridgehead atoms. The number of thiophene rings is 1. The van der Waals surface area contributed by atoms with Gasteiger partial charge in [0.2, 0.25) is 5.91 Å². The van der Waals surface area contributed by atoms with Gasteiger partial charge in [-0.05, 0) is 60.4 Å². The van der Waals surface area contributed by atoms with Gasteiger partial charge in [-0.2, -0.15) is 0 Å². The van der Waals surface area contributed by atoms with E-state index >= 15 is 0 Å². The first-order valence-corrected chi connectivity index (χ1v) is 7.97. The Hall–Kier alpha value is -0.390. The summed E-state index contributed by atoms with van der Waals surface area (Å²) in [5, 5.41) is 3.29. The molecule has 1 aliphatic heterocycles. The van der Waals surface area contributed by atoms with Gasteiger partial charge in [0.25, 0.3) is 0 Å². The van der Waals surface area contributed by atoms with E-state index in [1.165, 1.54) is 4.88 Å². The van der Waals surface area contributed by atoms with Crippen molar-refractivity contribution in [2.24, 2.45) is 5.92 Å². The standard InChI is InChI=1S/C13H19BrN2OS/c1-16(9-6-11-2-3-12(14)18-11)13(17)10-4-7-15-8-5-10/h2-3,10,15H,4-9H2,1H3. The molecule has 1 aromatic rings. The molecule has 2 heterocycles. The maximum absolute atomic E-state index is 12.2. The molecule has 1 amide bonds. The number of rotatable bonds is 4. The highest BCUT2D eigenvalue weighted by Gasteiger charge is 2.23. The summed E-state index contributed by atoms with van der Waals surface area (Å²) in [6.45, 7) is 2.76. The van der Waals surface area contributed by atoms with Crippen LogP contribution in [0.5, 0.6) is 0 Å². The van der Waals surface area contributed by atoms with E-state index in [-0.39, 0.29) is 5.92 Å². The number of halogens is 1. The number of carbonyl (C=O) groups excluding carboxylic acids is 1. The number of piperidine rings is 1. The van der Waals surface area contributed by atoms with Crippen LogP contribution in [0.4, 0.5) is 0 Å². The smallest absolute Gasteiger partial charge is 0.225 e. The fourth-order valence-electron chi connectivity index (χ4n) is 2.25. The van der Waals surface area contributed by atoms with E-state index in [0.29, 0.717) is 5.91 Å². The summed E-state index contributed by atoms with van der Waals surface area (Å²) in [4.78, 5) is 15.4. The Kier molecular flexibility index (Phi) is 5.21. The van der Waals surface area contributed by atoms with Crippen LogP contribution in [0.2, 0.25) is 0 Å². The van der Waals surface area contributed by atoms with E-state index < -0.39 is 0 Å². The predicted molar refractivity (Wildman–Crippen MR) is 79.0 cm³/mol. The summed E-state index contributed by atoms with van der Waals surface area (Å²) in [5.74, 6) is 0.540. The normalized spacial score (nSPS) is 16.8. The molecule has 5 heteroatoms. The minimum Gasteiger partial charge on any atom is -0.345 e. The number of carbonyl (C=O) groups is 1. The highest BCUT2D eigenvalue weighted by Crippen LogP contribution is 2.22. The van der Waals surface area contributed by atoms with Gasteiger partial charge in [-0.3, -0.25) is 4.79 Å². The molecule has 1 fully saturated rings. The summed E-state index contributed by atoms with van der Waals surface area (Å²) < 4.78 is 1.16. The lowest BCUT2D eigenvalue weighted by Crippen LogP contribution is -2.39. The first-order valence-electron chi connectivity index (χ1n) is 6.36. The molecule has 1 saturated heterocycles. The monoisotopic (exact) mass is 330 g/mol. The Morgan fingerprint density at radius 2 is 2.22 bits per heavy atom. The second kappa shape index (κ2) is 6.68. The summed E-state index contributed by atoms with van der Waals surface area (Å²) >= 11 is 5.21. The van der Waals surface area contributed by atoms with Crippen molar-refractivity contribution >= 4 is 33.2 Å². The zero-order valence-electron chi connectivity index (χ0n) is 10.6. The average Bonchev–Trinajstić information content (AvgIpc) is 2.82. The van der Waals surface area contributed by atoms with Crippen LogP contribution in [0, 0.1) is 5.92 Å². The van der Waals surface area contributed by atoms with Crippen molar-refractivity contribution in [3.63, 3.8) is 0 Å². The van der Waals surface area contributed by atoms with Crippen LogP contribution in [0.25, 0.3) is 0 Å². The van der Waals surface area contributed by atoms with Crippen LogP contribution in [0.15, 0.2) is 15.9 Å². The van der Waals surface area contributed by atoms with Gasteiger partial charge in [0, 0.05) is 24.4 Å². The number of amides is 1. The number of nitrogens with zero attached hydrogens (tertiary/aromatic N) is 1. The lowest BCUT2D eigenvalue weighted by molar-refractivity contribution is -0.134. The number of hydrogen-bond acceptors (Lipinski definition) is 3. The summed E-state index contributed by atoms with van der Waals surface area (Å²) in [5.41, 5.74) is 0. The molecule has 0 unspecified atom stereocenters. The van der Waals surface area contributed by atoms with Crippen LogP contribution in [-0.2, 0) is 11.2 Å². The second-order valence-electron chi connectivity index (χ2n) is 4.74. The molecular weight excluding hydrogens is 312 g/mol. The molecule has 0 spiro atoms. The molecule has 3 nitrogen and oxygen atoms in total. The molecular formula is C13H19BrN2OS. The summed E-state index contributed by atoms with van der Waals surface area (Å²) in [6, 6.07) is 4.19. The van der Waals surface area contributed by atoms with Gasteiger partial charge in [-0.25, -0.2) is 0 Å². The van der Waals surface area contributed by atoms with E-state index in [0.717, 1.165) is 42.7 Å². The molecule has 18 heavy (non-hydrogen) atoms. The van der Waals surface area contributed by atoms with Gasteiger partial charge in [0.1, 0.15) is 0 Å². The summed E-state index contributed by atoms with van der Waals surface area (Å²) in [7, 11) is 1.92. The zero-order valence-corrected chi connectivity index (χ0v) is 13.0. The van der Waals surface area contributed by atoms with Gasteiger partial charge in [0.15, 0.2) is 0 Å². The van der Waals surface area contributed by atoms with Gasteiger partial charge < -0.3 is 10.2 Å². The molecule has 0 radical (unpaired) electrons. The lowest BCUT2D eigenvalue weighted by Gasteiger charge is -2.26. The fourth-order valence-corrected chi connectivity index (χ4v) is 3.73. The third kappa shape index (κ3) is 3.80. The van der Waals surface area contributed by atoms with Crippen molar-refractivity contribution in [1.82, 2.24) is 10.2 Å². The largest absolute Gasteiger partial charge is 0.345 e. The van der Waals surface area contributed by atoms with Crippen molar-refractivity contribution in [3.8, 4) is 0 Å². The van der Waals surface area contributed by atoms with E-state index in [9.17, 15) is 4.79 Å². The average molecular weight is 331 g/mol. The van der Waals surface area contributed by atoms with Crippen molar-refractivity contribution in [3.05, 3.63) is 20.8 Å². The van der Waals surface area contributed by atoms with Crippen LogP contribution < -0.4 is 5.32 Å². The molecule has 0 aromatic carbocycles. The molecule has 1 aliphatic rings. The maximum atomic E-state index is 12.2. The SMILES string of the molecule is CN(CCc1ccc(Br)s1)C(=O)C1CCNCC1. The third-order valence-corrected chi connectivity index (χ3v) is 5.07. The van der Waals surface area contributed by atoms with Gasteiger partial charge in [0.05, 0.1) is 3.79 Å². The number of likely N-dealkylation sites (N-methyl/N-ethyl adjacent to an activating group) is 1. The Balaban J connectivity index is 1.79. The first kappa shape index (κ1) is 14.0. The van der Waals surface area contributed by atoms with Crippen LogP contribution in [-0.4, -0.2) is 37.5 Å². The number of hydrogen-bond donors (Lipinski definition) is 1. The highest BCUT2D eigenvalue weighted by atomic mass is 79.9. The van der Waals surface area contributed by atoms with Gasteiger partial charge in [-0.15, -0.1) is 11.3 Å². The molecule has 0 atom stereocenters. The Bertz CT molecular complexity index is 401. The van der Waals surface area contributed by atoms with Crippen molar-refractivity contribution < 1.29 is 4.79 Å². The Morgan fingerprint density at radius 1 is 1.50 bits per heavy atom. The topological polar surface area (TPSA) is 32.3 Å². The highest BCUT2D eigenvalue weighted by molar-refractivity contribution is 9.11. The Labute approximate surface area is 121 Å². The number of nitrogens with one attached hydrogen (secondary N) is 1. The van der Waals surface area contributed by atoms with E-state index in [1.807, 2.05) is 11.9 Å². The lowest BCUT2D eigenvalue weighted by atomic mass is 9.97. The molecule has 2 rings (SSSR count). The van der Waals surface area contributed by atoms with Crippen LogP contribution >= 0.6 is 27.3 Å². The molecule has 1 aromatic heterocycles. The molecule has 0 saturated carbocycles. The zero-order chi connectivity index (χ0) is 13.0. The minimum absolute atomic E-state index is 0.228. The second-order valence-corrected chi connectivity index (χ2v) is 7.29. The molecule has 100 valence electrons. The molecule has 1 N–H and O–H groups in total. The van der Waals surface area contributed by atoms with E-state index in [4.69, 9.17) is 0 Å². The van der Waals surface area contributed by atoms with E-state index in [2.05, 4.69) is 33.4 Å². The fraction of sp³-hybridized carbons (Fsp3) is 0.615. The molecule has 0 aliphatic carbocycles. The van der Waals surface area contributed by atoms with Gasteiger partial charge >= 0.3 is 0 Å². The quantitative estimate of drug-likeness (QED) is 0.919. The van der Waals surface area contributed by atoms with Crippen molar-refractivity contribution in [2.45, 2.75) is 19.3 Å². The van der Waals surface area contributed by atoms with Gasteiger partial charge in [-0.1, -0.05) is 0 Å². The minimum atomic E-state index is 0.228. The van der Waals surface area contributed by atoms with E-state index in [1.54, 1.807) is 11.3 Å². The first-order chi connectivity index (χ1) is 8.66. The Morgan fingerprint density at radius 3 is 2.83 bits per heavy atom. The van der Waals surface area contributed by atoms with Crippen molar-refractivity contribution in [1.29, 1.82) is 0 Å². The summed E-state index contributed by atoms with van der Waals surface area (Å²) in [6.07, 6.45) is 2.91. The maximum Gasteiger partial charge on any atom is 0.225 e. The third-order valence-electron chi connectivity index (χ3n) is 3.39. The van der Waals surface area contributed by atoms with Crippen molar-refractivity contribution in [2.75, 3.05) is 26.7 Å². The van der Waals surface area contributed by atoms with Crippen LogP contribution in [0.3, 0.4) is 0 Å². The predicted octanol–water partition coefficient (Wildman–Crippen LogP) is 2.51. The van der Waals surface area contributed by atoms with Crippen LogP contribution in [0.1, 0.15) is 17.7 Å².